The van der Waals surface area contributed by atoms with Gasteiger partial charge in [-0.3, -0.25) is 0 Å². The van der Waals surface area contributed by atoms with Crippen molar-refractivity contribution in [2.45, 2.75) is 6.61 Å². The Morgan fingerprint density at radius 3 is 1.80 bits per heavy atom. The van der Waals surface area contributed by atoms with Gasteiger partial charge in [-0.15, -0.1) is 0 Å². The Kier molecular flexibility index (Phi) is 9.03. The molecule has 0 aliphatic carbocycles. The van der Waals surface area contributed by atoms with Gasteiger partial charge < -0.3 is 18.9 Å². The van der Waals surface area contributed by atoms with Crippen LogP contribution in [0, 0.1) is 17.1 Å². The monoisotopic (exact) mass is 587 g/mol. The molecule has 0 saturated carbocycles. The van der Waals surface area contributed by atoms with E-state index in [9.17, 15) is 18.8 Å². The van der Waals surface area contributed by atoms with Crippen molar-refractivity contribution in [3.8, 4) is 29.1 Å². The van der Waals surface area contributed by atoms with Crippen molar-refractivity contribution >= 4 is 17.9 Å². The van der Waals surface area contributed by atoms with Crippen LogP contribution in [0.3, 0.4) is 0 Å². The molecule has 0 spiro atoms. The number of hydrogen-bond acceptors (Lipinski definition) is 8. The quantitative estimate of drug-likeness (QED) is 0.135. The predicted molar refractivity (Wildman–Crippen MR) is 156 cm³/mol. The lowest BCUT2D eigenvalue weighted by atomic mass is 10.2. The predicted octanol–water partition coefficient (Wildman–Crippen LogP) is 6.93. The van der Waals surface area contributed by atoms with E-state index in [1.54, 1.807) is 0 Å². The number of benzene rings is 5. The molecule has 0 N–H and O–H groups in total. The molecule has 8 nitrogen and oxygen atoms in total. The second-order valence-corrected chi connectivity index (χ2v) is 9.28. The average molecular weight is 588 g/mol. The topological polar surface area (TPSA) is 112 Å². The molecule has 0 aliphatic heterocycles. The van der Waals surface area contributed by atoms with Crippen LogP contribution < -0.4 is 18.9 Å². The molecule has 5 rings (SSSR count). The van der Waals surface area contributed by atoms with Gasteiger partial charge in [0.25, 0.3) is 0 Å². The van der Waals surface area contributed by atoms with Crippen molar-refractivity contribution in [2.24, 2.45) is 0 Å². The number of carbonyl (C=O) groups excluding carboxylic acids is 3. The lowest BCUT2D eigenvalue weighted by molar-refractivity contribution is 0.0713. The van der Waals surface area contributed by atoms with Gasteiger partial charge in [0.05, 0.1) is 28.3 Å². The van der Waals surface area contributed by atoms with Crippen molar-refractivity contribution in [3.05, 3.63) is 155 Å². The lowest BCUT2D eigenvalue weighted by Crippen LogP contribution is -2.12. The van der Waals surface area contributed by atoms with Crippen molar-refractivity contribution in [2.75, 3.05) is 0 Å². The molecule has 0 bridgehead atoms. The Balaban J connectivity index is 1.16. The zero-order chi connectivity index (χ0) is 30.9. The van der Waals surface area contributed by atoms with Crippen LogP contribution in [0.2, 0.25) is 0 Å². The van der Waals surface area contributed by atoms with Gasteiger partial charge in [0.1, 0.15) is 23.9 Å². The van der Waals surface area contributed by atoms with Crippen LogP contribution in [0.4, 0.5) is 4.39 Å². The Morgan fingerprint density at radius 2 is 1.16 bits per heavy atom. The van der Waals surface area contributed by atoms with Crippen molar-refractivity contribution in [1.29, 1.82) is 5.26 Å². The summed E-state index contributed by atoms with van der Waals surface area (Å²) in [5.74, 6) is -2.43. The second-order valence-electron chi connectivity index (χ2n) is 9.28. The fourth-order valence-corrected chi connectivity index (χ4v) is 3.92. The molecular formula is C35H22FNO7. The van der Waals surface area contributed by atoms with E-state index >= 15 is 0 Å². The van der Waals surface area contributed by atoms with Crippen LogP contribution in [0.5, 0.6) is 23.0 Å². The zero-order valence-corrected chi connectivity index (χ0v) is 22.9. The molecule has 0 aromatic heterocycles. The molecule has 0 unspecified atom stereocenters. The standard InChI is InChI=1S/C35H22FNO7/c36-31-20-27(13-18-32(31)41-22-24-5-2-1-3-6-24)35(40)44-30-8-4-7-26(19-30)34(39)43-29-16-11-25(12-17-29)33(38)42-28-14-9-23(21-37)10-15-28/h1-20H,22H2. The van der Waals surface area contributed by atoms with Gasteiger partial charge in [-0.25, -0.2) is 18.8 Å². The van der Waals surface area contributed by atoms with Gasteiger partial charge in [-0.1, -0.05) is 36.4 Å². The number of nitriles is 1. The van der Waals surface area contributed by atoms with E-state index in [0.717, 1.165) is 11.6 Å². The van der Waals surface area contributed by atoms with E-state index in [4.69, 9.17) is 24.2 Å². The first kappa shape index (κ1) is 29.2. The average Bonchev–Trinajstić information content (AvgIpc) is 3.05. The van der Waals surface area contributed by atoms with Crippen LogP contribution in [0.1, 0.15) is 42.2 Å². The highest BCUT2D eigenvalue weighted by atomic mass is 19.1. The highest BCUT2D eigenvalue weighted by molar-refractivity contribution is 5.94. The first-order valence-electron chi connectivity index (χ1n) is 13.2. The summed E-state index contributed by atoms with van der Waals surface area (Å²) < 4.78 is 36.1. The molecule has 0 amide bonds. The van der Waals surface area contributed by atoms with Crippen LogP contribution in [0.25, 0.3) is 0 Å². The summed E-state index contributed by atoms with van der Waals surface area (Å²) in [6.45, 7) is 0.168. The van der Waals surface area contributed by atoms with E-state index in [-0.39, 0.29) is 46.3 Å². The largest absolute Gasteiger partial charge is 0.486 e. The van der Waals surface area contributed by atoms with Gasteiger partial charge in [-0.2, -0.15) is 5.26 Å². The summed E-state index contributed by atoms with van der Waals surface area (Å²) in [7, 11) is 0. The van der Waals surface area contributed by atoms with Crippen LogP contribution in [-0.2, 0) is 6.61 Å². The first-order valence-corrected chi connectivity index (χ1v) is 13.2. The van der Waals surface area contributed by atoms with Crippen molar-refractivity contribution in [1.82, 2.24) is 0 Å². The van der Waals surface area contributed by atoms with Gasteiger partial charge in [-0.05, 0) is 90.5 Å². The normalized spacial score (nSPS) is 10.3. The third kappa shape index (κ3) is 7.51. The molecule has 5 aromatic rings. The van der Waals surface area contributed by atoms with Gasteiger partial charge in [0.2, 0.25) is 0 Å². The molecule has 9 heteroatoms. The van der Waals surface area contributed by atoms with E-state index in [1.165, 1.54) is 84.9 Å². The maximum atomic E-state index is 14.6. The van der Waals surface area contributed by atoms with Gasteiger partial charge in [0, 0.05) is 0 Å². The molecular weight excluding hydrogens is 565 g/mol. The van der Waals surface area contributed by atoms with Crippen molar-refractivity contribution in [3.63, 3.8) is 0 Å². The number of carbonyl (C=O) groups is 3. The SMILES string of the molecule is N#Cc1ccc(OC(=O)c2ccc(OC(=O)c3cccc(OC(=O)c4ccc(OCc5ccccc5)c(F)c4)c3)cc2)cc1. The Labute approximate surface area is 251 Å². The third-order valence-electron chi connectivity index (χ3n) is 6.18. The van der Waals surface area contributed by atoms with Gasteiger partial charge >= 0.3 is 17.9 Å². The second kappa shape index (κ2) is 13.6. The zero-order valence-electron chi connectivity index (χ0n) is 22.9. The molecule has 44 heavy (non-hydrogen) atoms. The number of ether oxygens (including phenoxy) is 4. The first-order chi connectivity index (χ1) is 21.4. The van der Waals surface area contributed by atoms with Crippen LogP contribution in [-0.4, -0.2) is 17.9 Å². The van der Waals surface area contributed by atoms with E-state index in [2.05, 4.69) is 0 Å². The maximum absolute atomic E-state index is 14.6. The van der Waals surface area contributed by atoms with E-state index < -0.39 is 23.7 Å². The summed E-state index contributed by atoms with van der Waals surface area (Å²) in [6.07, 6.45) is 0. The summed E-state index contributed by atoms with van der Waals surface area (Å²) in [6, 6.07) is 32.6. The fraction of sp³-hybridized carbons (Fsp3) is 0.0286. The number of nitrogens with zero attached hydrogens (tertiary/aromatic N) is 1. The number of rotatable bonds is 9. The summed E-state index contributed by atoms with van der Waals surface area (Å²) in [4.78, 5) is 37.8. The van der Waals surface area contributed by atoms with Crippen LogP contribution in [0.15, 0.2) is 121 Å². The third-order valence-corrected chi connectivity index (χ3v) is 6.18. The van der Waals surface area contributed by atoms with Crippen molar-refractivity contribution < 1.29 is 37.7 Å². The summed E-state index contributed by atoms with van der Waals surface area (Å²) in [5.41, 5.74) is 1.57. The molecule has 0 radical (unpaired) electrons. The van der Waals surface area contributed by atoms with Gasteiger partial charge in [0.15, 0.2) is 11.6 Å². The lowest BCUT2D eigenvalue weighted by Gasteiger charge is -2.10. The Morgan fingerprint density at radius 1 is 0.591 bits per heavy atom. The van der Waals surface area contributed by atoms with E-state index in [1.807, 2.05) is 36.4 Å². The molecule has 216 valence electrons. The minimum absolute atomic E-state index is 0.00799. The highest BCUT2D eigenvalue weighted by Gasteiger charge is 2.16. The number of esters is 3. The molecule has 0 saturated heterocycles. The molecule has 5 aromatic carbocycles. The minimum Gasteiger partial charge on any atom is -0.486 e. The Bertz CT molecular complexity index is 1850. The minimum atomic E-state index is -0.826. The molecule has 0 fully saturated rings. The van der Waals surface area contributed by atoms with E-state index in [0.29, 0.717) is 5.56 Å². The highest BCUT2D eigenvalue weighted by Crippen LogP contribution is 2.23. The Hall–Kier alpha value is -6.27. The fourth-order valence-electron chi connectivity index (χ4n) is 3.92. The number of halogens is 1. The molecule has 0 heterocycles. The smallest absolute Gasteiger partial charge is 0.343 e. The summed E-state index contributed by atoms with van der Waals surface area (Å²) in [5, 5.41) is 8.87. The van der Waals surface area contributed by atoms with Crippen LogP contribution >= 0.6 is 0 Å². The number of hydrogen-bond donors (Lipinski definition) is 0. The maximum Gasteiger partial charge on any atom is 0.343 e. The summed E-state index contributed by atoms with van der Waals surface area (Å²) >= 11 is 0. The molecule has 0 aliphatic rings. The molecule has 0 atom stereocenters.